The summed E-state index contributed by atoms with van der Waals surface area (Å²) in [4.78, 5) is 23.0. The Morgan fingerprint density at radius 1 is 1.31 bits per heavy atom. The number of nitrogens with zero attached hydrogens (tertiary/aromatic N) is 2. The topological polar surface area (TPSA) is 93.5 Å². The molecule has 1 heterocycles. The highest BCUT2D eigenvalue weighted by molar-refractivity contribution is 5.95. The van der Waals surface area contributed by atoms with Crippen molar-refractivity contribution in [3.05, 3.63) is 47.3 Å². The molecule has 1 aromatic heterocycles. The second-order valence-corrected chi connectivity index (χ2v) is 6.07. The van der Waals surface area contributed by atoms with Gasteiger partial charge in [0.2, 0.25) is 0 Å². The van der Waals surface area contributed by atoms with Crippen LogP contribution < -0.4 is 10.1 Å². The van der Waals surface area contributed by atoms with Crippen molar-refractivity contribution in [2.45, 2.75) is 46.2 Å². The standard InChI is InChI=1S/C19H25N3O4/c1-4-15(5-2)22-13(3)17(11-21-22)19(25)20-10-14-7-6-8-16(9-14)26-12-18(23)24/h6-9,11,15H,4-5,10,12H2,1-3H3,(H,20,25)(H,23,24). The predicted octanol–water partition coefficient (Wildman–Crippen LogP) is 2.95. The van der Waals surface area contributed by atoms with Crippen LogP contribution in [-0.2, 0) is 11.3 Å². The maximum Gasteiger partial charge on any atom is 0.341 e. The summed E-state index contributed by atoms with van der Waals surface area (Å²) >= 11 is 0. The monoisotopic (exact) mass is 359 g/mol. The Hall–Kier alpha value is -2.83. The van der Waals surface area contributed by atoms with E-state index in [1.54, 1.807) is 24.4 Å². The molecule has 0 bridgehead atoms. The van der Waals surface area contributed by atoms with E-state index in [0.29, 0.717) is 23.9 Å². The average molecular weight is 359 g/mol. The van der Waals surface area contributed by atoms with E-state index in [1.807, 2.05) is 17.7 Å². The van der Waals surface area contributed by atoms with Crippen LogP contribution >= 0.6 is 0 Å². The second kappa shape index (κ2) is 9.03. The van der Waals surface area contributed by atoms with Crippen LogP contribution in [0.1, 0.15) is 54.3 Å². The van der Waals surface area contributed by atoms with E-state index in [-0.39, 0.29) is 5.91 Å². The second-order valence-electron chi connectivity index (χ2n) is 6.07. The molecule has 0 aliphatic heterocycles. The minimum Gasteiger partial charge on any atom is -0.482 e. The van der Waals surface area contributed by atoms with Crippen LogP contribution in [0.25, 0.3) is 0 Å². The molecule has 0 radical (unpaired) electrons. The zero-order valence-electron chi connectivity index (χ0n) is 15.4. The Morgan fingerprint density at radius 2 is 2.04 bits per heavy atom. The number of ether oxygens (including phenoxy) is 1. The first-order valence-electron chi connectivity index (χ1n) is 8.72. The fraction of sp³-hybridized carbons (Fsp3) is 0.421. The molecule has 1 aromatic carbocycles. The van der Waals surface area contributed by atoms with Crippen molar-refractivity contribution in [2.24, 2.45) is 0 Å². The normalized spacial score (nSPS) is 10.8. The Balaban J connectivity index is 2.01. The van der Waals surface area contributed by atoms with E-state index in [0.717, 1.165) is 24.1 Å². The quantitative estimate of drug-likeness (QED) is 0.718. The summed E-state index contributed by atoms with van der Waals surface area (Å²) in [6, 6.07) is 7.28. The van der Waals surface area contributed by atoms with E-state index < -0.39 is 12.6 Å². The lowest BCUT2D eigenvalue weighted by Crippen LogP contribution is -2.23. The van der Waals surface area contributed by atoms with Gasteiger partial charge in [-0.05, 0) is 37.5 Å². The number of rotatable bonds is 9. The Labute approximate surface area is 153 Å². The molecule has 0 saturated carbocycles. The van der Waals surface area contributed by atoms with Gasteiger partial charge in [0.05, 0.1) is 17.8 Å². The van der Waals surface area contributed by atoms with Crippen molar-refractivity contribution < 1.29 is 19.4 Å². The zero-order chi connectivity index (χ0) is 19.1. The first kappa shape index (κ1) is 19.5. The number of hydrogen-bond donors (Lipinski definition) is 2. The van der Waals surface area contributed by atoms with E-state index in [2.05, 4.69) is 24.3 Å². The molecule has 0 fully saturated rings. The molecular weight excluding hydrogens is 334 g/mol. The molecule has 0 saturated heterocycles. The van der Waals surface area contributed by atoms with Gasteiger partial charge in [0.15, 0.2) is 6.61 Å². The fourth-order valence-electron chi connectivity index (χ4n) is 2.82. The van der Waals surface area contributed by atoms with E-state index in [1.165, 1.54) is 0 Å². The number of nitrogens with one attached hydrogen (secondary N) is 1. The van der Waals surface area contributed by atoms with Crippen LogP contribution in [0, 0.1) is 6.92 Å². The van der Waals surface area contributed by atoms with Crippen molar-refractivity contribution >= 4 is 11.9 Å². The largest absolute Gasteiger partial charge is 0.482 e. The number of carboxylic acids is 1. The highest BCUT2D eigenvalue weighted by Gasteiger charge is 2.17. The molecule has 140 valence electrons. The van der Waals surface area contributed by atoms with Crippen molar-refractivity contribution in [1.29, 1.82) is 0 Å². The first-order chi connectivity index (χ1) is 12.5. The molecule has 1 amide bonds. The number of amides is 1. The van der Waals surface area contributed by atoms with Gasteiger partial charge in [0, 0.05) is 12.2 Å². The van der Waals surface area contributed by atoms with Gasteiger partial charge in [-0.25, -0.2) is 4.79 Å². The molecule has 0 aliphatic carbocycles. The number of benzene rings is 1. The lowest BCUT2D eigenvalue weighted by molar-refractivity contribution is -0.139. The summed E-state index contributed by atoms with van der Waals surface area (Å²) in [5.41, 5.74) is 2.25. The zero-order valence-corrected chi connectivity index (χ0v) is 15.4. The fourth-order valence-corrected chi connectivity index (χ4v) is 2.82. The summed E-state index contributed by atoms with van der Waals surface area (Å²) in [5.74, 6) is -0.762. The summed E-state index contributed by atoms with van der Waals surface area (Å²) in [5, 5.41) is 15.9. The molecule has 26 heavy (non-hydrogen) atoms. The van der Waals surface area contributed by atoms with Crippen molar-refractivity contribution in [2.75, 3.05) is 6.61 Å². The molecule has 2 aromatic rings. The lowest BCUT2D eigenvalue weighted by atomic mass is 10.1. The van der Waals surface area contributed by atoms with Crippen LogP contribution in [0.15, 0.2) is 30.5 Å². The summed E-state index contributed by atoms with van der Waals surface area (Å²) in [6.45, 7) is 6.03. The van der Waals surface area contributed by atoms with Gasteiger partial charge in [0.25, 0.3) is 5.91 Å². The molecule has 0 aliphatic rings. The van der Waals surface area contributed by atoms with Gasteiger partial charge < -0.3 is 15.2 Å². The van der Waals surface area contributed by atoms with Crippen molar-refractivity contribution in [3.63, 3.8) is 0 Å². The number of hydrogen-bond acceptors (Lipinski definition) is 4. The van der Waals surface area contributed by atoms with E-state index >= 15 is 0 Å². The van der Waals surface area contributed by atoms with Gasteiger partial charge in [0.1, 0.15) is 5.75 Å². The van der Waals surface area contributed by atoms with E-state index in [4.69, 9.17) is 9.84 Å². The Bertz CT molecular complexity index is 766. The summed E-state index contributed by atoms with van der Waals surface area (Å²) < 4.78 is 7.06. The number of carboxylic acid groups (broad SMARTS) is 1. The van der Waals surface area contributed by atoms with Crippen LogP contribution in [-0.4, -0.2) is 33.4 Å². The molecular formula is C19H25N3O4. The minimum absolute atomic E-state index is 0.184. The Kier molecular flexibility index (Phi) is 6.77. The smallest absolute Gasteiger partial charge is 0.341 e. The molecule has 7 nitrogen and oxygen atoms in total. The van der Waals surface area contributed by atoms with Gasteiger partial charge in [-0.3, -0.25) is 9.48 Å². The molecule has 0 unspecified atom stereocenters. The SMILES string of the molecule is CCC(CC)n1ncc(C(=O)NCc2cccc(OCC(=O)O)c2)c1C. The number of aliphatic carboxylic acids is 1. The summed E-state index contributed by atoms with van der Waals surface area (Å²) in [6.07, 6.45) is 3.53. The van der Waals surface area contributed by atoms with Crippen molar-refractivity contribution in [3.8, 4) is 5.75 Å². The van der Waals surface area contributed by atoms with Crippen LogP contribution in [0.2, 0.25) is 0 Å². The molecule has 2 N–H and O–H groups in total. The van der Waals surface area contributed by atoms with Gasteiger partial charge in [-0.15, -0.1) is 0 Å². The maximum absolute atomic E-state index is 12.5. The predicted molar refractivity (Wildman–Crippen MR) is 97.3 cm³/mol. The third-order valence-electron chi connectivity index (χ3n) is 4.29. The minimum atomic E-state index is -1.03. The van der Waals surface area contributed by atoms with Gasteiger partial charge in [-0.1, -0.05) is 26.0 Å². The highest BCUT2D eigenvalue weighted by atomic mass is 16.5. The lowest BCUT2D eigenvalue weighted by Gasteiger charge is -2.15. The van der Waals surface area contributed by atoms with Crippen LogP contribution in [0.3, 0.4) is 0 Å². The third-order valence-corrected chi connectivity index (χ3v) is 4.29. The van der Waals surface area contributed by atoms with Crippen LogP contribution in [0.5, 0.6) is 5.75 Å². The van der Waals surface area contributed by atoms with Crippen LogP contribution in [0.4, 0.5) is 0 Å². The molecule has 2 rings (SSSR count). The average Bonchev–Trinajstić information content (AvgIpc) is 3.01. The molecule has 7 heteroatoms. The first-order valence-corrected chi connectivity index (χ1v) is 8.72. The third kappa shape index (κ3) is 4.84. The Morgan fingerprint density at radius 3 is 2.69 bits per heavy atom. The molecule has 0 spiro atoms. The van der Waals surface area contributed by atoms with Gasteiger partial charge >= 0.3 is 5.97 Å². The van der Waals surface area contributed by atoms with Crippen molar-refractivity contribution in [1.82, 2.24) is 15.1 Å². The van der Waals surface area contributed by atoms with E-state index in [9.17, 15) is 9.59 Å². The summed E-state index contributed by atoms with van der Waals surface area (Å²) in [7, 11) is 0. The molecule has 0 atom stereocenters. The number of carbonyl (C=O) groups excluding carboxylic acids is 1. The highest BCUT2D eigenvalue weighted by Crippen LogP contribution is 2.19. The number of carbonyl (C=O) groups is 2. The van der Waals surface area contributed by atoms with Gasteiger partial charge in [-0.2, -0.15) is 5.10 Å². The number of aromatic nitrogens is 2. The maximum atomic E-state index is 12.5.